The minimum Gasteiger partial charge on any atom is -0.492 e. The molecule has 0 atom stereocenters. The minimum atomic E-state index is 0.743. The molecule has 112 valence electrons. The summed E-state index contributed by atoms with van der Waals surface area (Å²) in [4.78, 5) is 2.38. The van der Waals surface area contributed by atoms with Crippen molar-refractivity contribution >= 4 is 0 Å². The zero-order valence-electron chi connectivity index (χ0n) is 12.4. The third-order valence-electron chi connectivity index (χ3n) is 3.46. The minimum absolute atomic E-state index is 0.743. The van der Waals surface area contributed by atoms with Gasteiger partial charge in [0.1, 0.15) is 12.4 Å². The van der Waals surface area contributed by atoms with E-state index in [-0.39, 0.29) is 0 Å². The second kappa shape index (κ2) is 8.95. The molecule has 2 rings (SSSR count). The predicted octanol–water partition coefficient (Wildman–Crippen LogP) is 1.90. The Morgan fingerprint density at radius 2 is 1.95 bits per heavy atom. The number of hydrogen-bond donors (Lipinski definition) is 1. The first kappa shape index (κ1) is 15.3. The van der Waals surface area contributed by atoms with E-state index in [1.807, 2.05) is 0 Å². The van der Waals surface area contributed by atoms with Gasteiger partial charge in [0, 0.05) is 26.2 Å². The number of rotatable bonds is 8. The summed E-state index contributed by atoms with van der Waals surface area (Å²) < 4.78 is 11.1. The van der Waals surface area contributed by atoms with E-state index in [2.05, 4.69) is 41.4 Å². The molecule has 0 spiro atoms. The van der Waals surface area contributed by atoms with Gasteiger partial charge in [-0.2, -0.15) is 0 Å². The average Bonchev–Trinajstić information content (AvgIpc) is 2.50. The van der Waals surface area contributed by atoms with Crippen LogP contribution in [0, 0.1) is 0 Å². The molecular weight excluding hydrogens is 252 g/mol. The van der Waals surface area contributed by atoms with Crippen LogP contribution in [0.15, 0.2) is 24.3 Å². The van der Waals surface area contributed by atoms with Gasteiger partial charge in [0.05, 0.1) is 13.2 Å². The van der Waals surface area contributed by atoms with Crippen LogP contribution in [0.3, 0.4) is 0 Å². The maximum Gasteiger partial charge on any atom is 0.119 e. The fraction of sp³-hybridized carbons (Fsp3) is 0.625. The Balaban J connectivity index is 1.65. The number of ether oxygens (including phenoxy) is 2. The first-order chi connectivity index (χ1) is 9.88. The van der Waals surface area contributed by atoms with Crippen LogP contribution in [0.4, 0.5) is 0 Å². The standard InChI is InChI=1S/C16H26N2O2/c1-2-7-17-14-15-3-5-16(6-4-15)20-13-10-18-8-11-19-12-9-18/h3-6,17H,2,7-14H2,1H3. The van der Waals surface area contributed by atoms with Gasteiger partial charge in [0.15, 0.2) is 0 Å². The van der Waals surface area contributed by atoms with Gasteiger partial charge in [-0.25, -0.2) is 0 Å². The van der Waals surface area contributed by atoms with E-state index < -0.39 is 0 Å². The molecule has 0 bridgehead atoms. The Morgan fingerprint density at radius 3 is 2.65 bits per heavy atom. The normalized spacial score (nSPS) is 16.2. The highest BCUT2D eigenvalue weighted by Gasteiger charge is 2.09. The molecule has 1 fully saturated rings. The van der Waals surface area contributed by atoms with E-state index in [1.165, 1.54) is 12.0 Å². The average molecular weight is 278 g/mol. The summed E-state index contributed by atoms with van der Waals surface area (Å²) in [6, 6.07) is 8.38. The Hall–Kier alpha value is -1.10. The highest BCUT2D eigenvalue weighted by molar-refractivity contribution is 5.27. The SMILES string of the molecule is CCCNCc1ccc(OCCN2CCOCC2)cc1. The molecule has 0 aliphatic carbocycles. The van der Waals surface area contributed by atoms with E-state index in [0.29, 0.717) is 0 Å². The van der Waals surface area contributed by atoms with E-state index in [0.717, 1.165) is 58.3 Å². The Kier molecular flexibility index (Phi) is 6.84. The molecule has 1 aliphatic heterocycles. The summed E-state index contributed by atoms with van der Waals surface area (Å²) in [5.41, 5.74) is 1.30. The van der Waals surface area contributed by atoms with Crippen molar-refractivity contribution in [3.8, 4) is 5.75 Å². The zero-order valence-corrected chi connectivity index (χ0v) is 12.4. The molecule has 0 saturated carbocycles. The molecule has 1 heterocycles. The largest absolute Gasteiger partial charge is 0.492 e. The molecule has 0 radical (unpaired) electrons. The smallest absolute Gasteiger partial charge is 0.119 e. The molecule has 4 heteroatoms. The quantitative estimate of drug-likeness (QED) is 0.736. The first-order valence-corrected chi connectivity index (χ1v) is 7.61. The summed E-state index contributed by atoms with van der Waals surface area (Å²) in [5.74, 6) is 0.956. The number of benzene rings is 1. The van der Waals surface area contributed by atoms with Crippen molar-refractivity contribution in [3.63, 3.8) is 0 Å². The summed E-state index contributed by atoms with van der Waals surface area (Å²) in [5, 5.41) is 3.40. The van der Waals surface area contributed by atoms with Gasteiger partial charge in [0.25, 0.3) is 0 Å². The first-order valence-electron chi connectivity index (χ1n) is 7.61. The summed E-state index contributed by atoms with van der Waals surface area (Å²) in [6.07, 6.45) is 1.17. The molecule has 4 nitrogen and oxygen atoms in total. The van der Waals surface area contributed by atoms with Crippen molar-refractivity contribution in [1.29, 1.82) is 0 Å². The van der Waals surface area contributed by atoms with Crippen molar-refractivity contribution in [3.05, 3.63) is 29.8 Å². The van der Waals surface area contributed by atoms with Crippen molar-refractivity contribution in [2.24, 2.45) is 0 Å². The Labute approximate surface area is 122 Å². The van der Waals surface area contributed by atoms with E-state index >= 15 is 0 Å². The number of nitrogens with one attached hydrogen (secondary N) is 1. The van der Waals surface area contributed by atoms with E-state index in [1.54, 1.807) is 0 Å². The molecule has 1 N–H and O–H groups in total. The van der Waals surface area contributed by atoms with Crippen LogP contribution in [-0.2, 0) is 11.3 Å². The van der Waals surface area contributed by atoms with Gasteiger partial charge < -0.3 is 14.8 Å². The lowest BCUT2D eigenvalue weighted by molar-refractivity contribution is 0.0322. The molecule has 1 aliphatic rings. The third-order valence-corrected chi connectivity index (χ3v) is 3.46. The van der Waals surface area contributed by atoms with Crippen LogP contribution < -0.4 is 10.1 Å². The number of nitrogens with zero attached hydrogens (tertiary/aromatic N) is 1. The summed E-state index contributed by atoms with van der Waals surface area (Å²) >= 11 is 0. The highest BCUT2D eigenvalue weighted by Crippen LogP contribution is 2.12. The van der Waals surface area contributed by atoms with Gasteiger partial charge in [-0.05, 0) is 30.7 Å². The molecule has 1 aromatic rings. The molecule has 20 heavy (non-hydrogen) atoms. The number of morpholine rings is 1. The van der Waals surface area contributed by atoms with Gasteiger partial charge in [0.2, 0.25) is 0 Å². The molecule has 0 amide bonds. The Bertz CT molecular complexity index is 361. The molecular formula is C16H26N2O2. The highest BCUT2D eigenvalue weighted by atomic mass is 16.5. The van der Waals surface area contributed by atoms with Crippen molar-refractivity contribution in [1.82, 2.24) is 10.2 Å². The molecule has 0 aromatic heterocycles. The zero-order chi connectivity index (χ0) is 14.0. The lowest BCUT2D eigenvalue weighted by atomic mass is 10.2. The van der Waals surface area contributed by atoms with Gasteiger partial charge in [-0.1, -0.05) is 19.1 Å². The van der Waals surface area contributed by atoms with Crippen molar-refractivity contribution < 1.29 is 9.47 Å². The van der Waals surface area contributed by atoms with Crippen LogP contribution in [0.2, 0.25) is 0 Å². The van der Waals surface area contributed by atoms with Crippen LogP contribution in [0.1, 0.15) is 18.9 Å². The maximum absolute atomic E-state index is 5.79. The molecule has 1 saturated heterocycles. The van der Waals surface area contributed by atoms with Gasteiger partial charge in [-0.3, -0.25) is 4.90 Å². The maximum atomic E-state index is 5.79. The van der Waals surface area contributed by atoms with E-state index in [4.69, 9.17) is 9.47 Å². The van der Waals surface area contributed by atoms with E-state index in [9.17, 15) is 0 Å². The third kappa shape index (κ3) is 5.49. The molecule has 1 aromatic carbocycles. The lowest BCUT2D eigenvalue weighted by Crippen LogP contribution is -2.38. The van der Waals surface area contributed by atoms with Crippen LogP contribution in [0.5, 0.6) is 5.75 Å². The lowest BCUT2D eigenvalue weighted by Gasteiger charge is -2.26. The number of hydrogen-bond acceptors (Lipinski definition) is 4. The van der Waals surface area contributed by atoms with Crippen LogP contribution >= 0.6 is 0 Å². The predicted molar refractivity (Wildman–Crippen MR) is 81.2 cm³/mol. The topological polar surface area (TPSA) is 33.7 Å². The van der Waals surface area contributed by atoms with Crippen LogP contribution in [0.25, 0.3) is 0 Å². The van der Waals surface area contributed by atoms with Crippen LogP contribution in [-0.4, -0.2) is 50.9 Å². The second-order valence-corrected chi connectivity index (χ2v) is 5.12. The van der Waals surface area contributed by atoms with Gasteiger partial charge in [-0.15, -0.1) is 0 Å². The Morgan fingerprint density at radius 1 is 1.20 bits per heavy atom. The monoisotopic (exact) mass is 278 g/mol. The van der Waals surface area contributed by atoms with Gasteiger partial charge >= 0.3 is 0 Å². The fourth-order valence-corrected chi connectivity index (χ4v) is 2.23. The summed E-state index contributed by atoms with van der Waals surface area (Å²) in [7, 11) is 0. The summed E-state index contributed by atoms with van der Waals surface area (Å²) in [6.45, 7) is 9.63. The van der Waals surface area contributed by atoms with Crippen molar-refractivity contribution in [2.75, 3.05) is 46.0 Å². The molecule has 0 unspecified atom stereocenters. The fourth-order valence-electron chi connectivity index (χ4n) is 2.23. The van der Waals surface area contributed by atoms with Crippen molar-refractivity contribution in [2.45, 2.75) is 19.9 Å². The second-order valence-electron chi connectivity index (χ2n) is 5.12.